The number of nitrogens with one attached hydrogen (secondary N) is 1. The minimum Gasteiger partial charge on any atom is -0.381 e. The highest BCUT2D eigenvalue weighted by Gasteiger charge is 2.14. The topological polar surface area (TPSA) is 21.3 Å². The first-order chi connectivity index (χ1) is 7.84. The largest absolute Gasteiger partial charge is 0.381 e. The molecule has 0 radical (unpaired) electrons. The fourth-order valence-corrected chi connectivity index (χ4v) is 2.08. The normalized spacial score (nSPS) is 20.2. The van der Waals surface area contributed by atoms with Gasteiger partial charge in [0.2, 0.25) is 0 Å². The summed E-state index contributed by atoms with van der Waals surface area (Å²) >= 11 is 5.82. The van der Waals surface area contributed by atoms with Gasteiger partial charge in [-0.3, -0.25) is 0 Å². The van der Waals surface area contributed by atoms with Gasteiger partial charge in [-0.1, -0.05) is 23.7 Å². The third-order valence-electron chi connectivity index (χ3n) is 3.00. The zero-order chi connectivity index (χ0) is 11.2. The van der Waals surface area contributed by atoms with Gasteiger partial charge in [-0.15, -0.1) is 0 Å². The van der Waals surface area contributed by atoms with Crippen LogP contribution in [0.4, 0.5) is 0 Å². The van der Waals surface area contributed by atoms with Gasteiger partial charge in [-0.25, -0.2) is 0 Å². The van der Waals surface area contributed by atoms with E-state index in [9.17, 15) is 0 Å². The van der Waals surface area contributed by atoms with Crippen molar-refractivity contribution in [2.75, 3.05) is 19.8 Å². The van der Waals surface area contributed by atoms with Gasteiger partial charge in [0.25, 0.3) is 0 Å². The van der Waals surface area contributed by atoms with Crippen LogP contribution < -0.4 is 5.32 Å². The molecule has 2 nitrogen and oxygen atoms in total. The molecule has 1 aliphatic heterocycles. The highest BCUT2D eigenvalue weighted by Crippen LogP contribution is 2.15. The van der Waals surface area contributed by atoms with Gasteiger partial charge in [0.1, 0.15) is 0 Å². The Hall–Kier alpha value is -0.570. The van der Waals surface area contributed by atoms with E-state index in [0.717, 1.165) is 37.2 Å². The van der Waals surface area contributed by atoms with Crippen LogP contribution >= 0.6 is 11.6 Å². The van der Waals surface area contributed by atoms with Crippen molar-refractivity contribution < 1.29 is 4.74 Å². The summed E-state index contributed by atoms with van der Waals surface area (Å²) in [5.41, 5.74) is 1.28. The molecule has 0 saturated carbocycles. The maximum Gasteiger partial charge on any atom is 0.0495 e. The first kappa shape index (κ1) is 11.9. The van der Waals surface area contributed by atoms with E-state index in [-0.39, 0.29) is 0 Å². The smallest absolute Gasteiger partial charge is 0.0495 e. The van der Waals surface area contributed by atoms with Crippen molar-refractivity contribution in [1.29, 1.82) is 0 Å². The van der Waals surface area contributed by atoms with Crippen molar-refractivity contribution in [3.8, 4) is 0 Å². The Morgan fingerprint density at radius 3 is 2.81 bits per heavy atom. The Morgan fingerprint density at radius 2 is 2.12 bits per heavy atom. The highest BCUT2D eigenvalue weighted by atomic mass is 35.5. The van der Waals surface area contributed by atoms with Crippen LogP contribution in [-0.2, 0) is 11.3 Å². The van der Waals surface area contributed by atoms with E-state index in [0.29, 0.717) is 0 Å². The molecule has 1 unspecified atom stereocenters. The molecule has 16 heavy (non-hydrogen) atoms. The second kappa shape index (κ2) is 6.24. The first-order valence-electron chi connectivity index (χ1n) is 5.87. The molecule has 1 aliphatic rings. The van der Waals surface area contributed by atoms with Gasteiger partial charge in [-0.05, 0) is 43.0 Å². The SMILES string of the molecule is Clc1ccc(CNCCC2CCOC2)cc1. The van der Waals surface area contributed by atoms with Gasteiger partial charge < -0.3 is 10.1 Å². The summed E-state index contributed by atoms with van der Waals surface area (Å²) in [7, 11) is 0. The Labute approximate surface area is 102 Å². The van der Waals surface area contributed by atoms with Crippen molar-refractivity contribution in [2.24, 2.45) is 5.92 Å². The maximum absolute atomic E-state index is 5.82. The molecule has 0 aromatic heterocycles. The standard InChI is InChI=1S/C13H18ClNO/c14-13-3-1-11(2-4-13)9-15-7-5-12-6-8-16-10-12/h1-4,12,15H,5-10H2. The Balaban J connectivity index is 1.62. The molecule has 3 heteroatoms. The Kier molecular flexibility index (Phi) is 4.64. The number of benzene rings is 1. The predicted octanol–water partition coefficient (Wildman–Crippen LogP) is 2.86. The number of hydrogen-bond acceptors (Lipinski definition) is 2. The quantitative estimate of drug-likeness (QED) is 0.798. The van der Waals surface area contributed by atoms with Gasteiger partial charge >= 0.3 is 0 Å². The summed E-state index contributed by atoms with van der Waals surface area (Å²) in [6.45, 7) is 3.88. The summed E-state index contributed by atoms with van der Waals surface area (Å²) in [5, 5.41) is 4.25. The Morgan fingerprint density at radius 1 is 1.31 bits per heavy atom. The van der Waals surface area contributed by atoms with Gasteiger partial charge in [0.05, 0.1) is 0 Å². The lowest BCUT2D eigenvalue weighted by molar-refractivity contribution is 0.184. The fourth-order valence-electron chi connectivity index (χ4n) is 1.95. The Bertz CT molecular complexity index is 306. The molecule has 1 aromatic carbocycles. The molecule has 1 atom stereocenters. The summed E-state index contributed by atoms with van der Waals surface area (Å²) in [6.07, 6.45) is 2.44. The molecule has 1 heterocycles. The van der Waals surface area contributed by atoms with Crippen LogP contribution in [-0.4, -0.2) is 19.8 Å². The monoisotopic (exact) mass is 239 g/mol. The van der Waals surface area contributed by atoms with E-state index in [4.69, 9.17) is 16.3 Å². The third-order valence-corrected chi connectivity index (χ3v) is 3.25. The van der Waals surface area contributed by atoms with E-state index in [1.807, 2.05) is 12.1 Å². The molecule has 0 spiro atoms. The lowest BCUT2D eigenvalue weighted by Crippen LogP contribution is -2.17. The molecule has 2 rings (SSSR count). The molecular formula is C13H18ClNO. The molecule has 1 saturated heterocycles. The van der Waals surface area contributed by atoms with E-state index in [1.165, 1.54) is 18.4 Å². The van der Waals surface area contributed by atoms with E-state index < -0.39 is 0 Å². The zero-order valence-electron chi connectivity index (χ0n) is 9.42. The van der Waals surface area contributed by atoms with Crippen molar-refractivity contribution in [2.45, 2.75) is 19.4 Å². The zero-order valence-corrected chi connectivity index (χ0v) is 10.2. The fraction of sp³-hybridized carbons (Fsp3) is 0.538. The first-order valence-corrected chi connectivity index (χ1v) is 6.25. The van der Waals surface area contributed by atoms with Gasteiger partial charge in [-0.2, -0.15) is 0 Å². The van der Waals surface area contributed by atoms with Gasteiger partial charge in [0.15, 0.2) is 0 Å². The molecule has 1 N–H and O–H groups in total. The van der Waals surface area contributed by atoms with Crippen molar-refractivity contribution in [3.05, 3.63) is 34.9 Å². The van der Waals surface area contributed by atoms with Crippen LogP contribution in [0.25, 0.3) is 0 Å². The minimum absolute atomic E-state index is 0.762. The van der Waals surface area contributed by atoms with E-state index in [1.54, 1.807) is 0 Å². The number of ether oxygens (including phenoxy) is 1. The molecule has 0 aliphatic carbocycles. The lowest BCUT2D eigenvalue weighted by atomic mass is 10.1. The average Bonchev–Trinajstić information content (AvgIpc) is 2.80. The molecule has 88 valence electrons. The molecule has 1 fully saturated rings. The van der Waals surface area contributed by atoms with Crippen LogP contribution in [0.1, 0.15) is 18.4 Å². The van der Waals surface area contributed by atoms with Crippen molar-refractivity contribution in [1.82, 2.24) is 5.32 Å². The number of halogens is 1. The number of hydrogen-bond donors (Lipinski definition) is 1. The molecule has 0 bridgehead atoms. The molecule has 0 amide bonds. The van der Waals surface area contributed by atoms with Crippen molar-refractivity contribution >= 4 is 11.6 Å². The summed E-state index contributed by atoms with van der Waals surface area (Å²) < 4.78 is 5.34. The van der Waals surface area contributed by atoms with Crippen LogP contribution in [0, 0.1) is 5.92 Å². The van der Waals surface area contributed by atoms with Gasteiger partial charge in [0, 0.05) is 24.8 Å². The summed E-state index contributed by atoms with van der Waals surface area (Å²) in [5.74, 6) is 0.762. The predicted molar refractivity (Wildman–Crippen MR) is 66.7 cm³/mol. The molecule has 1 aromatic rings. The highest BCUT2D eigenvalue weighted by molar-refractivity contribution is 6.30. The van der Waals surface area contributed by atoms with Crippen molar-refractivity contribution in [3.63, 3.8) is 0 Å². The number of rotatable bonds is 5. The third kappa shape index (κ3) is 3.78. The van der Waals surface area contributed by atoms with Crippen LogP contribution in [0.5, 0.6) is 0 Å². The van der Waals surface area contributed by atoms with E-state index in [2.05, 4.69) is 17.4 Å². The second-order valence-electron chi connectivity index (χ2n) is 4.32. The summed E-state index contributed by atoms with van der Waals surface area (Å²) in [4.78, 5) is 0. The van der Waals surface area contributed by atoms with Crippen LogP contribution in [0.15, 0.2) is 24.3 Å². The summed E-state index contributed by atoms with van der Waals surface area (Å²) in [6, 6.07) is 7.99. The molecular weight excluding hydrogens is 222 g/mol. The van der Waals surface area contributed by atoms with E-state index >= 15 is 0 Å². The average molecular weight is 240 g/mol. The minimum atomic E-state index is 0.762. The van der Waals surface area contributed by atoms with Crippen LogP contribution in [0.3, 0.4) is 0 Å². The van der Waals surface area contributed by atoms with Crippen LogP contribution in [0.2, 0.25) is 5.02 Å². The lowest BCUT2D eigenvalue weighted by Gasteiger charge is -2.08. The maximum atomic E-state index is 5.82. The second-order valence-corrected chi connectivity index (χ2v) is 4.76.